The summed E-state index contributed by atoms with van der Waals surface area (Å²) in [6.45, 7) is 4.14. The maximum atomic E-state index is 13.3. The molecule has 1 rings (SSSR count). The van der Waals surface area contributed by atoms with Gasteiger partial charge < -0.3 is 5.32 Å². The molecule has 1 aromatic carbocycles. The molecule has 1 N–H and O–H groups in total. The highest BCUT2D eigenvalue weighted by Crippen LogP contribution is 2.31. The van der Waals surface area contributed by atoms with Crippen LogP contribution < -0.4 is 5.32 Å². The number of alkyl halides is 3. The van der Waals surface area contributed by atoms with Crippen molar-refractivity contribution in [2.45, 2.75) is 20.0 Å². The molecule has 0 saturated carbocycles. The lowest BCUT2D eigenvalue weighted by Crippen LogP contribution is -2.07. The summed E-state index contributed by atoms with van der Waals surface area (Å²) in [5, 5.41) is 2.70. The van der Waals surface area contributed by atoms with E-state index >= 15 is 0 Å². The second-order valence-electron chi connectivity index (χ2n) is 3.85. The van der Waals surface area contributed by atoms with Gasteiger partial charge in [0.05, 0.1) is 11.3 Å². The van der Waals surface area contributed by atoms with Gasteiger partial charge in [0.15, 0.2) is 0 Å². The Kier molecular flexibility index (Phi) is 4.15. The van der Waals surface area contributed by atoms with Crippen LogP contribution in [0.3, 0.4) is 0 Å². The minimum absolute atomic E-state index is 0.0653. The van der Waals surface area contributed by atoms with Gasteiger partial charge in [0.25, 0.3) is 0 Å². The van der Waals surface area contributed by atoms with Crippen LogP contribution >= 0.6 is 0 Å². The van der Waals surface area contributed by atoms with Crippen LogP contribution in [-0.4, -0.2) is 6.54 Å². The molecule has 17 heavy (non-hydrogen) atoms. The van der Waals surface area contributed by atoms with Crippen LogP contribution in [0.25, 0.3) is 0 Å². The molecule has 0 aliphatic heterocycles. The topological polar surface area (TPSA) is 12.0 Å². The van der Waals surface area contributed by atoms with Gasteiger partial charge in [0.1, 0.15) is 5.82 Å². The molecule has 0 bridgehead atoms. The van der Waals surface area contributed by atoms with E-state index in [1.165, 1.54) is 0 Å². The van der Waals surface area contributed by atoms with Crippen molar-refractivity contribution >= 4 is 5.69 Å². The fraction of sp³-hybridized carbons (Fsp3) is 0.333. The highest BCUT2D eigenvalue weighted by atomic mass is 19.4. The van der Waals surface area contributed by atoms with Crippen molar-refractivity contribution in [2.75, 3.05) is 11.9 Å². The van der Waals surface area contributed by atoms with Gasteiger partial charge in [-0.2, -0.15) is 13.2 Å². The first-order valence-corrected chi connectivity index (χ1v) is 5.04. The fourth-order valence-electron chi connectivity index (χ4n) is 1.20. The minimum Gasteiger partial charge on any atom is -0.379 e. The molecular weight excluding hydrogens is 234 g/mol. The van der Waals surface area contributed by atoms with E-state index in [4.69, 9.17) is 0 Å². The summed E-state index contributed by atoms with van der Waals surface area (Å²) in [6, 6.07) is 2.44. The first kappa shape index (κ1) is 13.5. The Labute approximate surface area is 97.1 Å². The summed E-state index contributed by atoms with van der Waals surface area (Å²) in [5.41, 5.74) is 0.128. The fourth-order valence-corrected chi connectivity index (χ4v) is 1.20. The van der Waals surface area contributed by atoms with Crippen LogP contribution in [0.4, 0.5) is 23.2 Å². The lowest BCUT2D eigenvalue weighted by Gasteiger charge is -2.10. The van der Waals surface area contributed by atoms with E-state index in [1.807, 2.05) is 19.9 Å². The molecule has 0 aromatic heterocycles. The molecule has 0 heterocycles. The number of halogens is 4. The van der Waals surface area contributed by atoms with Crippen molar-refractivity contribution in [1.29, 1.82) is 0 Å². The van der Waals surface area contributed by atoms with Crippen LogP contribution in [0.1, 0.15) is 19.4 Å². The van der Waals surface area contributed by atoms with Crippen molar-refractivity contribution in [3.8, 4) is 0 Å². The van der Waals surface area contributed by atoms with Crippen LogP contribution in [0.15, 0.2) is 29.8 Å². The van der Waals surface area contributed by atoms with Gasteiger partial charge in [-0.15, -0.1) is 0 Å². The summed E-state index contributed by atoms with van der Waals surface area (Å²) in [7, 11) is 0. The van der Waals surface area contributed by atoms with Gasteiger partial charge in [-0.25, -0.2) is 4.39 Å². The van der Waals surface area contributed by atoms with E-state index in [9.17, 15) is 17.6 Å². The smallest absolute Gasteiger partial charge is 0.379 e. The van der Waals surface area contributed by atoms with E-state index < -0.39 is 17.6 Å². The van der Waals surface area contributed by atoms with E-state index in [1.54, 1.807) is 0 Å². The highest BCUT2D eigenvalue weighted by molar-refractivity contribution is 5.47. The lowest BCUT2D eigenvalue weighted by atomic mass is 10.2. The van der Waals surface area contributed by atoms with Crippen LogP contribution in [0.2, 0.25) is 0 Å². The quantitative estimate of drug-likeness (QED) is 0.622. The molecule has 0 fully saturated rings. The van der Waals surface area contributed by atoms with E-state index in [-0.39, 0.29) is 5.69 Å². The third-order valence-electron chi connectivity index (χ3n) is 2.10. The number of hydrogen-bond acceptors (Lipinski definition) is 1. The van der Waals surface area contributed by atoms with Crippen molar-refractivity contribution in [2.24, 2.45) is 0 Å². The van der Waals surface area contributed by atoms with Crippen molar-refractivity contribution in [3.05, 3.63) is 41.2 Å². The summed E-state index contributed by atoms with van der Waals surface area (Å²) in [4.78, 5) is 0. The van der Waals surface area contributed by atoms with E-state index in [0.717, 1.165) is 17.7 Å². The molecular formula is C12H13F4N. The van der Waals surface area contributed by atoms with Crippen LogP contribution in [-0.2, 0) is 6.18 Å². The molecule has 0 aliphatic carbocycles. The van der Waals surface area contributed by atoms with Crippen LogP contribution in [0.5, 0.6) is 0 Å². The van der Waals surface area contributed by atoms with Gasteiger partial charge in [-0.05, 0) is 32.0 Å². The van der Waals surface area contributed by atoms with Gasteiger partial charge >= 0.3 is 6.18 Å². The van der Waals surface area contributed by atoms with Gasteiger partial charge in [-0.3, -0.25) is 0 Å². The predicted molar refractivity (Wildman–Crippen MR) is 59.3 cm³/mol. The molecule has 94 valence electrons. The monoisotopic (exact) mass is 247 g/mol. The Morgan fingerprint density at radius 1 is 1.29 bits per heavy atom. The molecule has 0 saturated heterocycles. The van der Waals surface area contributed by atoms with Gasteiger partial charge in [0, 0.05) is 6.54 Å². The maximum Gasteiger partial charge on any atom is 0.416 e. The molecule has 0 aliphatic rings. The molecule has 5 heteroatoms. The number of anilines is 1. The zero-order valence-corrected chi connectivity index (χ0v) is 9.53. The second kappa shape index (κ2) is 5.21. The molecule has 0 amide bonds. The average Bonchev–Trinajstić information content (AvgIpc) is 2.18. The Hall–Kier alpha value is -1.52. The summed E-state index contributed by atoms with van der Waals surface area (Å²) in [5.74, 6) is -0.901. The Morgan fingerprint density at radius 3 is 2.41 bits per heavy atom. The number of rotatable bonds is 3. The lowest BCUT2D eigenvalue weighted by molar-refractivity contribution is -0.137. The van der Waals surface area contributed by atoms with Crippen molar-refractivity contribution in [3.63, 3.8) is 0 Å². The zero-order valence-electron chi connectivity index (χ0n) is 9.53. The number of benzene rings is 1. The maximum absolute atomic E-state index is 13.3. The standard InChI is InChI=1S/C12H13F4N/c1-8(2)5-6-17-11-4-3-9(7-10(11)13)12(14,15)16/h3-5,7,17H,6H2,1-2H3. The molecule has 0 unspecified atom stereocenters. The van der Waals surface area contributed by atoms with Gasteiger partial charge in [0.2, 0.25) is 0 Å². The Bertz CT molecular complexity index is 417. The van der Waals surface area contributed by atoms with Crippen molar-refractivity contribution < 1.29 is 17.6 Å². The molecule has 0 atom stereocenters. The van der Waals surface area contributed by atoms with Gasteiger partial charge in [-0.1, -0.05) is 11.6 Å². The van der Waals surface area contributed by atoms with Crippen LogP contribution in [0, 0.1) is 5.82 Å². The average molecular weight is 247 g/mol. The third-order valence-corrected chi connectivity index (χ3v) is 2.10. The normalized spacial score (nSPS) is 11.2. The minimum atomic E-state index is -4.51. The zero-order chi connectivity index (χ0) is 13.1. The molecule has 0 spiro atoms. The SMILES string of the molecule is CC(C)=CCNc1ccc(C(F)(F)F)cc1F. The number of allylic oxidation sites excluding steroid dienone is 1. The second-order valence-corrected chi connectivity index (χ2v) is 3.85. The predicted octanol–water partition coefficient (Wildman–Crippen LogP) is 4.22. The molecule has 1 aromatic rings. The Morgan fingerprint density at radius 2 is 1.94 bits per heavy atom. The van der Waals surface area contributed by atoms with E-state index in [0.29, 0.717) is 12.6 Å². The number of nitrogens with one attached hydrogen (secondary N) is 1. The highest BCUT2D eigenvalue weighted by Gasteiger charge is 2.31. The first-order valence-electron chi connectivity index (χ1n) is 5.04. The largest absolute Gasteiger partial charge is 0.416 e. The summed E-state index contributed by atoms with van der Waals surface area (Å²) < 4.78 is 50.1. The number of hydrogen-bond donors (Lipinski definition) is 1. The Balaban J connectivity index is 2.80. The molecule has 1 nitrogen and oxygen atoms in total. The van der Waals surface area contributed by atoms with E-state index in [2.05, 4.69) is 5.32 Å². The summed E-state index contributed by atoms with van der Waals surface area (Å²) in [6.07, 6.45) is -2.70. The third kappa shape index (κ3) is 4.09. The first-order chi connectivity index (χ1) is 7.80. The van der Waals surface area contributed by atoms with Crippen molar-refractivity contribution in [1.82, 2.24) is 0 Å². The molecule has 0 radical (unpaired) electrons. The summed E-state index contributed by atoms with van der Waals surface area (Å²) >= 11 is 0.